The lowest BCUT2D eigenvalue weighted by atomic mass is 9.82. The highest BCUT2D eigenvalue weighted by atomic mass is 16.6. The van der Waals surface area contributed by atoms with Gasteiger partial charge < -0.3 is 19.3 Å². The molecule has 2 saturated heterocycles. The lowest BCUT2D eigenvalue weighted by molar-refractivity contribution is -0.148. The maximum atomic E-state index is 12.1. The van der Waals surface area contributed by atoms with Gasteiger partial charge in [0.1, 0.15) is 18.3 Å². The van der Waals surface area contributed by atoms with Gasteiger partial charge in [0.15, 0.2) is 0 Å². The van der Waals surface area contributed by atoms with Gasteiger partial charge in [-0.1, -0.05) is 19.2 Å². The summed E-state index contributed by atoms with van der Waals surface area (Å²) in [7, 11) is 0. The average Bonchev–Trinajstić information content (AvgIpc) is 3.13. The van der Waals surface area contributed by atoms with Crippen LogP contribution in [-0.4, -0.2) is 47.6 Å². The highest BCUT2D eigenvalue weighted by molar-refractivity contribution is 5.91. The molecule has 6 heteroatoms. The van der Waals surface area contributed by atoms with Crippen LogP contribution in [0.25, 0.3) is 0 Å². The van der Waals surface area contributed by atoms with Crippen molar-refractivity contribution in [1.29, 1.82) is 0 Å². The van der Waals surface area contributed by atoms with E-state index in [1.165, 1.54) is 0 Å². The molecule has 2 heterocycles. The zero-order chi connectivity index (χ0) is 18.4. The van der Waals surface area contributed by atoms with Gasteiger partial charge in [-0.15, -0.1) is 0 Å². The molecule has 136 valence electrons. The average molecular weight is 348 g/mol. The van der Waals surface area contributed by atoms with E-state index in [-0.39, 0.29) is 29.5 Å². The third-order valence-corrected chi connectivity index (χ3v) is 5.25. The highest BCUT2D eigenvalue weighted by Crippen LogP contribution is 2.50. The molecule has 0 aromatic heterocycles. The van der Waals surface area contributed by atoms with Crippen LogP contribution >= 0.6 is 0 Å². The molecule has 0 aromatic rings. The molecule has 2 aliphatic heterocycles. The predicted molar refractivity (Wildman–Crippen MR) is 89.5 cm³/mol. The Bertz CT molecular complexity index is 663. The van der Waals surface area contributed by atoms with Crippen molar-refractivity contribution in [2.24, 2.45) is 5.92 Å². The van der Waals surface area contributed by atoms with Crippen LogP contribution in [0, 0.1) is 5.92 Å². The number of aliphatic hydroxyl groups is 1. The van der Waals surface area contributed by atoms with E-state index in [4.69, 9.17) is 14.2 Å². The van der Waals surface area contributed by atoms with E-state index in [1.54, 1.807) is 6.92 Å². The summed E-state index contributed by atoms with van der Waals surface area (Å²) in [6.07, 6.45) is 2.32. The molecule has 3 rings (SSSR count). The normalized spacial score (nSPS) is 39.4. The van der Waals surface area contributed by atoms with Crippen LogP contribution < -0.4 is 0 Å². The van der Waals surface area contributed by atoms with Crippen molar-refractivity contribution in [1.82, 2.24) is 0 Å². The largest absolute Gasteiger partial charge is 0.458 e. The molecule has 0 amide bonds. The van der Waals surface area contributed by atoms with Gasteiger partial charge in [-0.05, 0) is 32.3 Å². The van der Waals surface area contributed by atoms with Crippen molar-refractivity contribution in [3.63, 3.8) is 0 Å². The number of ether oxygens (including phenoxy) is 3. The number of carbonyl (C=O) groups is 2. The fourth-order valence-electron chi connectivity index (χ4n) is 3.68. The molecule has 1 aliphatic carbocycles. The van der Waals surface area contributed by atoms with E-state index in [2.05, 4.69) is 13.2 Å². The molecule has 0 spiro atoms. The zero-order valence-electron chi connectivity index (χ0n) is 14.6. The minimum Gasteiger partial charge on any atom is -0.458 e. The Balaban J connectivity index is 1.96. The van der Waals surface area contributed by atoms with Gasteiger partial charge in [0.05, 0.1) is 18.1 Å². The number of epoxide rings is 1. The standard InChI is InChI=1S/C19H24O6/c1-10(2)17(21)23-13-8-12(9-20)6-5-7-19(4)16(25-19)15-14(13)11(3)18(22)24-15/h6,13-16,20H,1,3,5,7-9H2,2,4H3/b12-6-/t13-,14+,15-,16+,19+/m0/s1. The SMILES string of the molecule is C=C(C)C(=O)O[C@H]1C/C(CO)=C/CC[C@@]2(C)O[C@@H]2[C@H]2OC(=O)C(=C)[C@@H]21. The van der Waals surface area contributed by atoms with Crippen molar-refractivity contribution < 1.29 is 28.9 Å². The van der Waals surface area contributed by atoms with Crippen LogP contribution in [0.1, 0.15) is 33.1 Å². The fourth-order valence-corrected chi connectivity index (χ4v) is 3.68. The van der Waals surface area contributed by atoms with Gasteiger partial charge in [0.25, 0.3) is 0 Å². The summed E-state index contributed by atoms with van der Waals surface area (Å²) in [6.45, 7) is 10.9. The van der Waals surface area contributed by atoms with Gasteiger partial charge in [-0.25, -0.2) is 9.59 Å². The lowest BCUT2D eigenvalue weighted by Crippen LogP contribution is -2.38. The van der Waals surface area contributed by atoms with Crippen LogP contribution in [0.15, 0.2) is 36.0 Å². The number of fused-ring (bicyclic) bond motifs is 3. The van der Waals surface area contributed by atoms with Crippen molar-refractivity contribution in [2.75, 3.05) is 6.61 Å². The number of esters is 2. The Hall–Kier alpha value is -1.92. The number of aliphatic hydroxyl groups excluding tert-OH is 1. The van der Waals surface area contributed by atoms with Crippen LogP contribution in [0.5, 0.6) is 0 Å². The first kappa shape index (κ1) is 17.9. The molecule has 6 nitrogen and oxygen atoms in total. The lowest BCUT2D eigenvalue weighted by Gasteiger charge is -2.28. The van der Waals surface area contributed by atoms with Gasteiger partial charge in [0.2, 0.25) is 0 Å². The minimum atomic E-state index is -0.668. The molecule has 25 heavy (non-hydrogen) atoms. The highest BCUT2D eigenvalue weighted by Gasteiger charge is 2.63. The van der Waals surface area contributed by atoms with E-state index in [9.17, 15) is 14.7 Å². The summed E-state index contributed by atoms with van der Waals surface area (Å²) in [5, 5.41) is 9.65. The molecule has 0 unspecified atom stereocenters. The molecule has 0 bridgehead atoms. The van der Waals surface area contributed by atoms with Crippen molar-refractivity contribution >= 4 is 11.9 Å². The molecule has 3 aliphatic rings. The summed E-state index contributed by atoms with van der Waals surface area (Å²) in [4.78, 5) is 24.2. The van der Waals surface area contributed by atoms with Gasteiger partial charge in [-0.3, -0.25) is 0 Å². The first-order valence-electron chi connectivity index (χ1n) is 8.49. The molecule has 1 N–H and O–H groups in total. The van der Waals surface area contributed by atoms with E-state index < -0.39 is 30.1 Å². The second-order valence-electron chi connectivity index (χ2n) is 7.26. The summed E-state index contributed by atoms with van der Waals surface area (Å²) < 4.78 is 17.0. The maximum absolute atomic E-state index is 12.1. The number of carbonyl (C=O) groups excluding carboxylic acids is 2. The number of allylic oxidation sites excluding steroid dienone is 1. The topological polar surface area (TPSA) is 85.4 Å². The third-order valence-electron chi connectivity index (χ3n) is 5.25. The molecule has 5 atom stereocenters. The molecule has 0 aromatic carbocycles. The third kappa shape index (κ3) is 3.28. The van der Waals surface area contributed by atoms with Crippen LogP contribution in [0.2, 0.25) is 0 Å². The monoisotopic (exact) mass is 348 g/mol. The van der Waals surface area contributed by atoms with Crippen molar-refractivity contribution in [3.8, 4) is 0 Å². The van der Waals surface area contributed by atoms with Crippen LogP contribution in [-0.2, 0) is 23.8 Å². The Kier molecular flexibility index (Phi) is 4.60. The van der Waals surface area contributed by atoms with E-state index in [0.29, 0.717) is 6.42 Å². The zero-order valence-corrected chi connectivity index (χ0v) is 14.6. The van der Waals surface area contributed by atoms with Crippen molar-refractivity contribution in [2.45, 2.75) is 57.0 Å². The number of hydrogen-bond acceptors (Lipinski definition) is 6. The Labute approximate surface area is 147 Å². The first-order chi connectivity index (χ1) is 11.8. The van der Waals surface area contributed by atoms with E-state index in [1.807, 2.05) is 13.0 Å². The summed E-state index contributed by atoms with van der Waals surface area (Å²) in [6, 6.07) is 0. The molecular weight excluding hydrogens is 324 g/mol. The Morgan fingerprint density at radius 2 is 2.24 bits per heavy atom. The molecule has 0 radical (unpaired) electrons. The maximum Gasteiger partial charge on any atom is 0.334 e. The quantitative estimate of drug-likeness (QED) is 0.362. The molecular formula is C19H24O6. The molecule has 0 saturated carbocycles. The first-order valence-corrected chi connectivity index (χ1v) is 8.49. The Morgan fingerprint density at radius 3 is 2.88 bits per heavy atom. The number of hydrogen-bond donors (Lipinski definition) is 1. The van der Waals surface area contributed by atoms with E-state index in [0.717, 1.165) is 18.4 Å². The fraction of sp³-hybridized carbons (Fsp3) is 0.579. The van der Waals surface area contributed by atoms with Crippen LogP contribution in [0.3, 0.4) is 0 Å². The Morgan fingerprint density at radius 1 is 1.52 bits per heavy atom. The van der Waals surface area contributed by atoms with E-state index >= 15 is 0 Å². The summed E-state index contributed by atoms with van der Waals surface area (Å²) >= 11 is 0. The minimum absolute atomic E-state index is 0.138. The summed E-state index contributed by atoms with van der Waals surface area (Å²) in [5.41, 5.74) is 0.922. The van der Waals surface area contributed by atoms with Crippen LogP contribution in [0.4, 0.5) is 0 Å². The van der Waals surface area contributed by atoms with Gasteiger partial charge in [0, 0.05) is 17.6 Å². The second-order valence-corrected chi connectivity index (χ2v) is 7.26. The smallest absolute Gasteiger partial charge is 0.334 e. The van der Waals surface area contributed by atoms with Crippen molar-refractivity contribution in [3.05, 3.63) is 36.0 Å². The summed E-state index contributed by atoms with van der Waals surface area (Å²) in [5.74, 6) is -1.53. The second kappa shape index (κ2) is 6.42. The molecule has 2 fully saturated rings. The number of rotatable bonds is 3. The predicted octanol–water partition coefficient (Wildman–Crippen LogP) is 1.83. The van der Waals surface area contributed by atoms with Gasteiger partial charge >= 0.3 is 11.9 Å². The van der Waals surface area contributed by atoms with Gasteiger partial charge in [-0.2, -0.15) is 0 Å².